The van der Waals surface area contributed by atoms with Crippen LogP contribution >= 0.6 is 27.3 Å². The molecule has 0 saturated heterocycles. The molecule has 0 aliphatic carbocycles. The molecule has 2 aromatic rings. The van der Waals surface area contributed by atoms with Crippen molar-refractivity contribution in [1.82, 2.24) is 0 Å². The number of aromatic carboxylic acids is 1. The Bertz CT molecular complexity index is 650. The Balaban J connectivity index is 2.18. The molecule has 0 aliphatic heterocycles. The number of Topliss-reactive ketones (excluding diaryl/α,β-unsaturated/α-hetero) is 1. The zero-order chi connectivity index (χ0) is 14.7. The number of carbonyl (C=O) groups excluding carboxylic acids is 1. The van der Waals surface area contributed by atoms with E-state index in [4.69, 9.17) is 5.11 Å². The van der Waals surface area contributed by atoms with Crippen LogP contribution in [0.2, 0.25) is 0 Å². The molecule has 6 heteroatoms. The first-order valence-electron chi connectivity index (χ1n) is 5.78. The van der Waals surface area contributed by atoms with Crippen LogP contribution in [0.15, 0.2) is 40.2 Å². The Morgan fingerprint density at radius 1 is 1.20 bits per heavy atom. The van der Waals surface area contributed by atoms with Crippen molar-refractivity contribution >= 4 is 39.0 Å². The molecule has 0 bridgehead atoms. The molecule has 0 amide bonds. The van der Waals surface area contributed by atoms with E-state index in [0.29, 0.717) is 4.88 Å². The standard InChI is InChI=1S/C14H11BrO4S/c15-13-6-5-12(20-13)11(17)7-10(16)8-3-1-2-4-9(8)14(18)19/h1-6,10,16H,7H2,(H,18,19)/t10-/m1/s1. The van der Waals surface area contributed by atoms with Gasteiger partial charge in [-0.3, -0.25) is 4.79 Å². The number of hydrogen-bond acceptors (Lipinski definition) is 4. The monoisotopic (exact) mass is 354 g/mol. The van der Waals surface area contributed by atoms with Crippen molar-refractivity contribution in [1.29, 1.82) is 0 Å². The molecular formula is C14H11BrO4S. The van der Waals surface area contributed by atoms with Crippen molar-refractivity contribution in [3.8, 4) is 0 Å². The molecule has 104 valence electrons. The molecule has 0 aliphatic rings. The molecule has 0 unspecified atom stereocenters. The number of hydrogen-bond donors (Lipinski definition) is 2. The minimum atomic E-state index is -1.13. The summed E-state index contributed by atoms with van der Waals surface area (Å²) in [5, 5.41) is 19.2. The highest BCUT2D eigenvalue weighted by atomic mass is 79.9. The average Bonchev–Trinajstić information content (AvgIpc) is 2.85. The second-order valence-corrected chi connectivity index (χ2v) is 6.60. The lowest BCUT2D eigenvalue weighted by Gasteiger charge is -2.12. The topological polar surface area (TPSA) is 74.6 Å². The van der Waals surface area contributed by atoms with Crippen LogP contribution in [0.25, 0.3) is 0 Å². The van der Waals surface area contributed by atoms with Crippen molar-refractivity contribution in [3.05, 3.63) is 56.2 Å². The first-order chi connectivity index (χ1) is 9.49. The lowest BCUT2D eigenvalue weighted by molar-refractivity contribution is 0.0683. The number of rotatable bonds is 5. The van der Waals surface area contributed by atoms with Crippen LogP contribution in [0.1, 0.15) is 38.1 Å². The molecule has 1 heterocycles. The highest BCUT2D eigenvalue weighted by molar-refractivity contribution is 9.11. The summed E-state index contributed by atoms with van der Waals surface area (Å²) in [6, 6.07) is 9.58. The van der Waals surface area contributed by atoms with E-state index in [0.717, 1.165) is 3.79 Å². The molecule has 1 aromatic heterocycles. The van der Waals surface area contributed by atoms with Crippen LogP contribution in [-0.4, -0.2) is 22.0 Å². The molecule has 0 radical (unpaired) electrons. The number of benzene rings is 1. The zero-order valence-electron chi connectivity index (χ0n) is 10.2. The van der Waals surface area contributed by atoms with Crippen LogP contribution in [0.4, 0.5) is 0 Å². The maximum Gasteiger partial charge on any atom is 0.336 e. The second kappa shape index (κ2) is 6.30. The molecule has 4 nitrogen and oxygen atoms in total. The third kappa shape index (κ3) is 3.33. The van der Waals surface area contributed by atoms with Gasteiger partial charge in [-0.2, -0.15) is 0 Å². The smallest absolute Gasteiger partial charge is 0.336 e. The number of ketones is 1. The van der Waals surface area contributed by atoms with Gasteiger partial charge in [-0.05, 0) is 39.7 Å². The van der Waals surface area contributed by atoms with E-state index in [1.165, 1.54) is 23.5 Å². The van der Waals surface area contributed by atoms with E-state index in [-0.39, 0.29) is 23.3 Å². The summed E-state index contributed by atoms with van der Waals surface area (Å²) >= 11 is 4.55. The van der Waals surface area contributed by atoms with Crippen molar-refractivity contribution < 1.29 is 19.8 Å². The van der Waals surface area contributed by atoms with E-state index < -0.39 is 12.1 Å². The van der Waals surface area contributed by atoms with Gasteiger partial charge in [0.05, 0.1) is 20.3 Å². The molecule has 1 atom stereocenters. The quantitative estimate of drug-likeness (QED) is 0.805. The minimum absolute atomic E-state index is 0.0140. The van der Waals surface area contributed by atoms with E-state index >= 15 is 0 Å². The number of halogens is 1. The van der Waals surface area contributed by atoms with E-state index in [9.17, 15) is 14.7 Å². The van der Waals surface area contributed by atoms with E-state index in [2.05, 4.69) is 15.9 Å². The van der Waals surface area contributed by atoms with Gasteiger partial charge in [0.2, 0.25) is 0 Å². The lowest BCUT2D eigenvalue weighted by atomic mass is 9.98. The molecule has 0 fully saturated rings. The predicted molar refractivity (Wildman–Crippen MR) is 79.3 cm³/mol. The maximum absolute atomic E-state index is 12.0. The average molecular weight is 355 g/mol. The molecule has 0 saturated carbocycles. The summed E-state index contributed by atoms with van der Waals surface area (Å²) in [6.45, 7) is 0. The van der Waals surface area contributed by atoms with Crippen LogP contribution in [0.5, 0.6) is 0 Å². The predicted octanol–water partition coefficient (Wildman–Crippen LogP) is 3.52. The number of carboxylic acid groups (broad SMARTS) is 1. The van der Waals surface area contributed by atoms with Gasteiger partial charge >= 0.3 is 5.97 Å². The Morgan fingerprint density at radius 2 is 1.90 bits per heavy atom. The summed E-state index contributed by atoms with van der Waals surface area (Å²) in [5.41, 5.74) is 0.268. The van der Waals surface area contributed by atoms with Gasteiger partial charge in [0.1, 0.15) is 0 Å². The van der Waals surface area contributed by atoms with Crippen molar-refractivity contribution in [2.75, 3.05) is 0 Å². The van der Waals surface area contributed by atoms with Crippen LogP contribution in [0, 0.1) is 0 Å². The Labute approximate surface area is 127 Å². The molecule has 20 heavy (non-hydrogen) atoms. The number of carbonyl (C=O) groups is 2. The van der Waals surface area contributed by atoms with Gasteiger partial charge in [0.25, 0.3) is 0 Å². The van der Waals surface area contributed by atoms with Gasteiger partial charge in [-0.1, -0.05) is 18.2 Å². The van der Waals surface area contributed by atoms with Gasteiger partial charge in [-0.25, -0.2) is 4.79 Å². The fourth-order valence-electron chi connectivity index (χ4n) is 1.83. The van der Waals surface area contributed by atoms with Crippen LogP contribution < -0.4 is 0 Å². The molecule has 1 aromatic carbocycles. The summed E-state index contributed by atoms with van der Waals surface area (Å²) < 4.78 is 0.835. The summed E-state index contributed by atoms with van der Waals surface area (Å²) in [4.78, 5) is 23.6. The Morgan fingerprint density at radius 3 is 2.50 bits per heavy atom. The summed E-state index contributed by atoms with van der Waals surface area (Å²) in [7, 11) is 0. The number of aliphatic hydroxyl groups is 1. The van der Waals surface area contributed by atoms with Crippen molar-refractivity contribution in [2.24, 2.45) is 0 Å². The maximum atomic E-state index is 12.0. The third-order valence-electron chi connectivity index (χ3n) is 2.78. The van der Waals surface area contributed by atoms with E-state index in [1.807, 2.05) is 0 Å². The van der Waals surface area contributed by atoms with Crippen LogP contribution in [-0.2, 0) is 0 Å². The van der Waals surface area contributed by atoms with Crippen LogP contribution in [0.3, 0.4) is 0 Å². The highest BCUT2D eigenvalue weighted by Crippen LogP contribution is 2.27. The minimum Gasteiger partial charge on any atom is -0.478 e. The molecular weight excluding hydrogens is 344 g/mol. The normalized spacial score (nSPS) is 12.1. The summed E-state index contributed by atoms with van der Waals surface area (Å²) in [5.74, 6) is -1.33. The van der Waals surface area contributed by atoms with Gasteiger partial charge in [0.15, 0.2) is 5.78 Å². The highest BCUT2D eigenvalue weighted by Gasteiger charge is 2.20. The largest absolute Gasteiger partial charge is 0.478 e. The Kier molecular flexibility index (Phi) is 4.69. The number of aliphatic hydroxyl groups excluding tert-OH is 1. The number of carboxylic acids is 1. The first-order valence-corrected chi connectivity index (χ1v) is 7.39. The second-order valence-electron chi connectivity index (χ2n) is 4.14. The fourth-order valence-corrected chi connectivity index (χ4v) is 3.17. The number of thiophene rings is 1. The van der Waals surface area contributed by atoms with Gasteiger partial charge in [-0.15, -0.1) is 11.3 Å². The van der Waals surface area contributed by atoms with Gasteiger partial charge < -0.3 is 10.2 Å². The molecule has 2 rings (SSSR count). The van der Waals surface area contributed by atoms with Crippen molar-refractivity contribution in [3.63, 3.8) is 0 Å². The first kappa shape index (κ1) is 14.9. The van der Waals surface area contributed by atoms with Crippen molar-refractivity contribution in [2.45, 2.75) is 12.5 Å². The Hall–Kier alpha value is -1.50. The zero-order valence-corrected chi connectivity index (χ0v) is 12.6. The van der Waals surface area contributed by atoms with Gasteiger partial charge in [0, 0.05) is 6.42 Å². The SMILES string of the molecule is O=C(C[C@@H](O)c1ccccc1C(=O)O)c1ccc(Br)s1. The summed E-state index contributed by atoms with van der Waals surface area (Å²) in [6.07, 6.45) is -1.27. The molecule has 2 N–H and O–H groups in total. The van der Waals surface area contributed by atoms with E-state index in [1.54, 1.807) is 24.3 Å². The third-order valence-corrected chi connectivity index (χ3v) is 4.44. The molecule has 0 spiro atoms. The lowest BCUT2D eigenvalue weighted by Crippen LogP contribution is -2.10. The fraction of sp³-hybridized carbons (Fsp3) is 0.143.